The summed E-state index contributed by atoms with van der Waals surface area (Å²) in [5.74, 6) is -2.17. The molecule has 20 heavy (non-hydrogen) atoms. The van der Waals surface area contributed by atoms with E-state index in [0.717, 1.165) is 32.1 Å². The summed E-state index contributed by atoms with van der Waals surface area (Å²) in [4.78, 5) is 11.4. The van der Waals surface area contributed by atoms with Crippen LogP contribution < -0.4 is 5.73 Å². The van der Waals surface area contributed by atoms with Crippen molar-refractivity contribution in [3.05, 3.63) is 28.0 Å². The summed E-state index contributed by atoms with van der Waals surface area (Å²) in [6.07, 6.45) is 5.69. The predicted octanol–water partition coefficient (Wildman–Crippen LogP) is 4.70. The van der Waals surface area contributed by atoms with Crippen LogP contribution in [0.4, 0.5) is 10.1 Å². The molecule has 3 nitrogen and oxygen atoms in total. The highest BCUT2D eigenvalue weighted by Crippen LogP contribution is 2.33. The Hall–Kier alpha value is -1.10. The molecule has 0 aliphatic carbocycles. The van der Waals surface area contributed by atoms with Crippen LogP contribution in [-0.4, -0.2) is 11.1 Å². The molecule has 3 N–H and O–H groups in total. The first-order valence-corrected chi connectivity index (χ1v) is 7.73. The van der Waals surface area contributed by atoms with E-state index >= 15 is 0 Å². The van der Waals surface area contributed by atoms with Crippen LogP contribution in [0.5, 0.6) is 0 Å². The number of carboxylic acids is 1. The summed E-state index contributed by atoms with van der Waals surface area (Å²) in [6.45, 7) is 2.13. The number of unbranched alkanes of at least 4 members (excludes halogenated alkanes) is 4. The minimum absolute atomic E-state index is 0.312. The molecule has 1 aromatic rings. The normalized spacial score (nSPS) is 12.3. The highest BCUT2D eigenvalue weighted by Gasteiger charge is 2.23. The number of carboxylic acid groups (broad SMARTS) is 1. The van der Waals surface area contributed by atoms with Gasteiger partial charge in [-0.05, 0) is 40.0 Å². The Morgan fingerprint density at radius 1 is 1.35 bits per heavy atom. The third-order valence-electron chi connectivity index (χ3n) is 3.40. The number of anilines is 1. The summed E-state index contributed by atoms with van der Waals surface area (Å²) in [6, 6.07) is 2.48. The maximum atomic E-state index is 13.4. The zero-order chi connectivity index (χ0) is 15.1. The van der Waals surface area contributed by atoms with Gasteiger partial charge in [0, 0.05) is 4.47 Å². The van der Waals surface area contributed by atoms with Gasteiger partial charge in [0.2, 0.25) is 0 Å². The molecule has 112 valence electrons. The number of nitrogen functional groups attached to an aromatic ring is 1. The first kappa shape index (κ1) is 17.0. The van der Waals surface area contributed by atoms with Crippen molar-refractivity contribution in [2.45, 2.75) is 51.4 Å². The highest BCUT2D eigenvalue weighted by atomic mass is 79.9. The molecule has 0 amide bonds. The van der Waals surface area contributed by atoms with Gasteiger partial charge in [0.25, 0.3) is 0 Å². The van der Waals surface area contributed by atoms with Crippen LogP contribution in [-0.2, 0) is 4.79 Å². The lowest BCUT2D eigenvalue weighted by molar-refractivity contribution is -0.139. The van der Waals surface area contributed by atoms with Crippen LogP contribution in [0.15, 0.2) is 16.6 Å². The van der Waals surface area contributed by atoms with Gasteiger partial charge in [0.05, 0.1) is 11.6 Å². The van der Waals surface area contributed by atoms with Crippen molar-refractivity contribution in [2.24, 2.45) is 0 Å². The van der Waals surface area contributed by atoms with Gasteiger partial charge in [-0.3, -0.25) is 4.79 Å². The molecular weight excluding hydrogens is 325 g/mol. The Labute approximate surface area is 127 Å². The van der Waals surface area contributed by atoms with Crippen molar-refractivity contribution in [1.29, 1.82) is 0 Å². The van der Waals surface area contributed by atoms with E-state index in [1.165, 1.54) is 12.1 Å². The lowest BCUT2D eigenvalue weighted by Crippen LogP contribution is -2.14. The number of hydrogen-bond donors (Lipinski definition) is 2. The van der Waals surface area contributed by atoms with E-state index in [1.54, 1.807) is 0 Å². The van der Waals surface area contributed by atoms with E-state index < -0.39 is 17.7 Å². The summed E-state index contributed by atoms with van der Waals surface area (Å²) in [5, 5.41) is 9.34. The van der Waals surface area contributed by atoms with Crippen molar-refractivity contribution in [3.63, 3.8) is 0 Å². The smallest absolute Gasteiger partial charge is 0.311 e. The molecule has 1 atom stereocenters. The monoisotopic (exact) mass is 345 g/mol. The minimum atomic E-state index is -0.954. The molecular formula is C15H21BrFNO2. The largest absolute Gasteiger partial charge is 0.481 e. The van der Waals surface area contributed by atoms with Gasteiger partial charge in [-0.15, -0.1) is 0 Å². The molecule has 0 fully saturated rings. The van der Waals surface area contributed by atoms with E-state index in [9.17, 15) is 14.3 Å². The van der Waals surface area contributed by atoms with Gasteiger partial charge in [-0.1, -0.05) is 39.0 Å². The fraction of sp³-hybridized carbons (Fsp3) is 0.533. The molecule has 0 saturated heterocycles. The van der Waals surface area contributed by atoms with E-state index in [4.69, 9.17) is 5.73 Å². The Kier molecular flexibility index (Phi) is 6.99. The average Bonchev–Trinajstić information content (AvgIpc) is 2.38. The lowest BCUT2D eigenvalue weighted by Gasteiger charge is -2.16. The summed E-state index contributed by atoms with van der Waals surface area (Å²) < 4.78 is 13.8. The number of rotatable bonds is 8. The summed E-state index contributed by atoms with van der Waals surface area (Å²) in [5.41, 5.74) is 6.54. The summed E-state index contributed by atoms with van der Waals surface area (Å²) in [7, 11) is 0. The molecule has 0 spiro atoms. The third-order valence-corrected chi connectivity index (χ3v) is 4.05. The fourth-order valence-electron chi connectivity index (χ4n) is 2.26. The zero-order valence-corrected chi connectivity index (χ0v) is 13.2. The van der Waals surface area contributed by atoms with E-state index in [2.05, 4.69) is 22.9 Å². The number of carbonyl (C=O) groups is 1. The molecule has 0 aromatic heterocycles. The molecule has 0 heterocycles. The molecule has 0 bridgehead atoms. The number of hydrogen-bond acceptors (Lipinski definition) is 2. The van der Waals surface area contributed by atoms with Gasteiger partial charge < -0.3 is 10.8 Å². The molecule has 1 aromatic carbocycles. The second-order valence-electron chi connectivity index (χ2n) is 4.98. The quantitative estimate of drug-likeness (QED) is 0.530. The SMILES string of the molecule is CCCCCCCC(C(=O)O)c1cc(F)cc(Br)c1N. The van der Waals surface area contributed by atoms with E-state index in [-0.39, 0.29) is 0 Å². The van der Waals surface area contributed by atoms with Crippen LogP contribution in [0, 0.1) is 5.82 Å². The molecule has 0 aliphatic heterocycles. The second-order valence-corrected chi connectivity index (χ2v) is 5.84. The van der Waals surface area contributed by atoms with Crippen LogP contribution >= 0.6 is 15.9 Å². The third kappa shape index (κ3) is 4.78. The predicted molar refractivity (Wildman–Crippen MR) is 82.3 cm³/mol. The molecule has 1 unspecified atom stereocenters. The van der Waals surface area contributed by atoms with Crippen molar-refractivity contribution in [1.82, 2.24) is 0 Å². The van der Waals surface area contributed by atoms with Gasteiger partial charge in [-0.25, -0.2) is 4.39 Å². The van der Waals surface area contributed by atoms with Crippen molar-refractivity contribution >= 4 is 27.6 Å². The van der Waals surface area contributed by atoms with Crippen LogP contribution in [0.25, 0.3) is 0 Å². The van der Waals surface area contributed by atoms with Crippen LogP contribution in [0.3, 0.4) is 0 Å². The van der Waals surface area contributed by atoms with Gasteiger partial charge in [-0.2, -0.15) is 0 Å². The van der Waals surface area contributed by atoms with E-state index in [1.807, 2.05) is 0 Å². The topological polar surface area (TPSA) is 63.3 Å². The Bertz CT molecular complexity index is 465. The van der Waals surface area contributed by atoms with Crippen molar-refractivity contribution in [2.75, 3.05) is 5.73 Å². The molecule has 5 heteroatoms. The first-order valence-electron chi connectivity index (χ1n) is 6.94. The fourth-order valence-corrected chi connectivity index (χ4v) is 2.70. The maximum Gasteiger partial charge on any atom is 0.311 e. The van der Waals surface area contributed by atoms with Gasteiger partial charge in [0.1, 0.15) is 5.82 Å². The summed E-state index contributed by atoms with van der Waals surface area (Å²) >= 11 is 3.16. The molecule has 1 rings (SSSR count). The Morgan fingerprint density at radius 3 is 2.60 bits per heavy atom. The average molecular weight is 346 g/mol. The minimum Gasteiger partial charge on any atom is -0.481 e. The van der Waals surface area contributed by atoms with E-state index in [0.29, 0.717) is 22.1 Å². The number of benzene rings is 1. The molecule has 0 saturated carbocycles. The van der Waals surface area contributed by atoms with Crippen molar-refractivity contribution in [3.8, 4) is 0 Å². The van der Waals surface area contributed by atoms with Crippen LogP contribution in [0.2, 0.25) is 0 Å². The number of nitrogens with two attached hydrogens (primary N) is 1. The molecule has 0 aliphatic rings. The molecule has 0 radical (unpaired) electrons. The Balaban J connectivity index is 2.79. The van der Waals surface area contributed by atoms with Crippen molar-refractivity contribution < 1.29 is 14.3 Å². The van der Waals surface area contributed by atoms with Gasteiger partial charge >= 0.3 is 5.97 Å². The second kappa shape index (κ2) is 8.25. The Morgan fingerprint density at radius 2 is 2.00 bits per heavy atom. The lowest BCUT2D eigenvalue weighted by atomic mass is 9.91. The maximum absolute atomic E-state index is 13.4. The standard InChI is InChI=1S/C15H21BrFNO2/c1-2-3-4-5-6-7-11(15(19)20)12-8-10(17)9-13(16)14(12)18/h8-9,11H,2-7,18H2,1H3,(H,19,20). The highest BCUT2D eigenvalue weighted by molar-refractivity contribution is 9.10. The first-order chi connectivity index (χ1) is 9.47. The number of aliphatic carboxylic acids is 1. The number of halogens is 2. The van der Waals surface area contributed by atoms with Crippen LogP contribution in [0.1, 0.15) is 56.9 Å². The zero-order valence-electron chi connectivity index (χ0n) is 11.7. The van der Waals surface area contributed by atoms with Gasteiger partial charge in [0.15, 0.2) is 0 Å².